The van der Waals surface area contributed by atoms with E-state index in [-0.39, 0.29) is 31.1 Å². The van der Waals surface area contributed by atoms with Crippen LogP contribution in [0, 0.1) is 13.8 Å². The molecular weight excluding hydrogens is 352 g/mol. The molecule has 1 amide bonds. The van der Waals surface area contributed by atoms with Gasteiger partial charge in [0.25, 0.3) is 0 Å². The Balaban J connectivity index is 2.26. The summed E-state index contributed by atoms with van der Waals surface area (Å²) in [4.78, 5) is 36.6. The molecule has 0 saturated heterocycles. The van der Waals surface area contributed by atoms with Crippen molar-refractivity contribution >= 4 is 23.5 Å². The van der Waals surface area contributed by atoms with Gasteiger partial charge in [-0.2, -0.15) is 0 Å². The lowest BCUT2D eigenvalue weighted by Gasteiger charge is -2.11. The van der Waals surface area contributed by atoms with Crippen molar-refractivity contribution in [3.63, 3.8) is 0 Å². The SMILES string of the molecule is CCOC(=O)c1nnn(CC(=O)Nc2cccc(C)c2C)c1C(=O)OCC. The lowest BCUT2D eigenvalue weighted by atomic mass is 10.1. The van der Waals surface area contributed by atoms with Crippen LogP contribution in [0.25, 0.3) is 0 Å². The van der Waals surface area contributed by atoms with Crippen molar-refractivity contribution in [2.24, 2.45) is 0 Å². The lowest BCUT2D eigenvalue weighted by Crippen LogP contribution is -2.24. The molecular formula is C18H22N4O5. The molecule has 2 rings (SSSR count). The van der Waals surface area contributed by atoms with Crippen LogP contribution >= 0.6 is 0 Å². The first-order valence-electron chi connectivity index (χ1n) is 8.52. The number of aryl methyl sites for hydroxylation is 1. The van der Waals surface area contributed by atoms with Gasteiger partial charge in [-0.1, -0.05) is 17.3 Å². The van der Waals surface area contributed by atoms with E-state index >= 15 is 0 Å². The van der Waals surface area contributed by atoms with Gasteiger partial charge in [-0.15, -0.1) is 5.10 Å². The van der Waals surface area contributed by atoms with Gasteiger partial charge in [-0.25, -0.2) is 14.3 Å². The van der Waals surface area contributed by atoms with E-state index in [2.05, 4.69) is 15.6 Å². The molecule has 0 radical (unpaired) electrons. The maximum absolute atomic E-state index is 12.4. The zero-order chi connectivity index (χ0) is 20.0. The van der Waals surface area contributed by atoms with Crippen LogP contribution in [0.4, 0.5) is 5.69 Å². The molecule has 1 aromatic heterocycles. The Bertz CT molecular complexity index is 859. The smallest absolute Gasteiger partial charge is 0.361 e. The quantitative estimate of drug-likeness (QED) is 0.736. The molecule has 1 N–H and O–H groups in total. The van der Waals surface area contributed by atoms with Crippen LogP contribution in [-0.2, 0) is 20.8 Å². The highest BCUT2D eigenvalue weighted by atomic mass is 16.5. The fraction of sp³-hybridized carbons (Fsp3) is 0.389. The second-order valence-electron chi connectivity index (χ2n) is 5.68. The Kier molecular flexibility index (Phi) is 6.64. The van der Waals surface area contributed by atoms with E-state index in [0.717, 1.165) is 15.8 Å². The van der Waals surface area contributed by atoms with Crippen molar-refractivity contribution in [2.75, 3.05) is 18.5 Å². The average Bonchev–Trinajstić information content (AvgIpc) is 3.03. The molecule has 0 fully saturated rings. The number of carbonyl (C=O) groups excluding carboxylic acids is 3. The molecule has 27 heavy (non-hydrogen) atoms. The molecule has 0 saturated carbocycles. The van der Waals surface area contributed by atoms with Crippen LogP contribution in [0.2, 0.25) is 0 Å². The summed E-state index contributed by atoms with van der Waals surface area (Å²) in [6, 6.07) is 5.54. The lowest BCUT2D eigenvalue weighted by molar-refractivity contribution is -0.117. The number of ether oxygens (including phenoxy) is 2. The summed E-state index contributed by atoms with van der Waals surface area (Å²) in [6.07, 6.45) is 0. The number of amides is 1. The van der Waals surface area contributed by atoms with Gasteiger partial charge in [0.1, 0.15) is 6.54 Å². The Morgan fingerprint density at radius 1 is 1.07 bits per heavy atom. The minimum absolute atomic E-state index is 0.0982. The van der Waals surface area contributed by atoms with Crippen molar-refractivity contribution in [3.8, 4) is 0 Å². The summed E-state index contributed by atoms with van der Waals surface area (Å²) >= 11 is 0. The number of esters is 2. The molecule has 144 valence electrons. The molecule has 2 aromatic rings. The van der Waals surface area contributed by atoms with Crippen LogP contribution < -0.4 is 5.32 Å². The third-order valence-electron chi connectivity index (χ3n) is 3.84. The predicted molar refractivity (Wildman–Crippen MR) is 96.5 cm³/mol. The molecule has 0 unspecified atom stereocenters. The van der Waals surface area contributed by atoms with E-state index in [4.69, 9.17) is 9.47 Å². The molecule has 1 heterocycles. The summed E-state index contributed by atoms with van der Waals surface area (Å²) < 4.78 is 10.9. The number of nitrogens with zero attached hydrogens (tertiary/aromatic N) is 3. The van der Waals surface area contributed by atoms with Crippen LogP contribution in [0.3, 0.4) is 0 Å². The van der Waals surface area contributed by atoms with Gasteiger partial charge in [-0.3, -0.25) is 4.79 Å². The summed E-state index contributed by atoms with van der Waals surface area (Å²) in [5, 5.41) is 10.2. The van der Waals surface area contributed by atoms with Crippen LogP contribution in [0.1, 0.15) is 46.0 Å². The summed E-state index contributed by atoms with van der Waals surface area (Å²) in [5.74, 6) is -2.03. The second kappa shape index (κ2) is 8.93. The monoisotopic (exact) mass is 374 g/mol. The highest BCUT2D eigenvalue weighted by molar-refractivity contribution is 6.01. The first-order chi connectivity index (χ1) is 12.9. The van der Waals surface area contributed by atoms with E-state index in [1.807, 2.05) is 26.0 Å². The van der Waals surface area contributed by atoms with Gasteiger partial charge in [-0.05, 0) is 44.9 Å². The normalized spacial score (nSPS) is 10.4. The average molecular weight is 374 g/mol. The van der Waals surface area contributed by atoms with E-state index in [1.54, 1.807) is 19.9 Å². The van der Waals surface area contributed by atoms with Crippen molar-refractivity contribution in [3.05, 3.63) is 40.7 Å². The molecule has 9 nitrogen and oxygen atoms in total. The number of rotatable bonds is 7. The number of benzene rings is 1. The number of anilines is 1. The number of nitrogens with one attached hydrogen (secondary N) is 1. The van der Waals surface area contributed by atoms with Gasteiger partial charge in [0.2, 0.25) is 11.6 Å². The van der Waals surface area contributed by atoms with Gasteiger partial charge >= 0.3 is 11.9 Å². The maximum Gasteiger partial charge on any atom is 0.361 e. The third-order valence-corrected chi connectivity index (χ3v) is 3.84. The molecule has 1 aromatic carbocycles. The fourth-order valence-electron chi connectivity index (χ4n) is 2.37. The largest absolute Gasteiger partial charge is 0.461 e. The molecule has 0 aliphatic carbocycles. The minimum atomic E-state index is -0.804. The van der Waals surface area contributed by atoms with Crippen molar-refractivity contribution in [2.45, 2.75) is 34.2 Å². The minimum Gasteiger partial charge on any atom is -0.461 e. The summed E-state index contributed by atoms with van der Waals surface area (Å²) in [6.45, 7) is 6.99. The number of carbonyl (C=O) groups is 3. The third kappa shape index (κ3) is 4.69. The predicted octanol–water partition coefficient (Wildman–Crippen LogP) is 1.89. The topological polar surface area (TPSA) is 112 Å². The first kappa shape index (κ1) is 20.1. The zero-order valence-corrected chi connectivity index (χ0v) is 15.7. The standard InChI is InChI=1S/C18H22N4O5/c1-5-26-17(24)15-16(18(25)27-6-2)22(21-20-15)10-14(23)19-13-9-7-8-11(3)12(13)4/h7-9H,5-6,10H2,1-4H3,(H,19,23). The van der Waals surface area contributed by atoms with Gasteiger partial charge in [0.15, 0.2) is 5.69 Å². The van der Waals surface area contributed by atoms with Crippen molar-refractivity contribution < 1.29 is 23.9 Å². The highest BCUT2D eigenvalue weighted by Gasteiger charge is 2.28. The van der Waals surface area contributed by atoms with E-state index in [1.165, 1.54) is 0 Å². The molecule has 0 spiro atoms. The van der Waals surface area contributed by atoms with Crippen LogP contribution in [0.5, 0.6) is 0 Å². The molecule has 9 heteroatoms. The molecule has 0 atom stereocenters. The first-order valence-corrected chi connectivity index (χ1v) is 8.52. The number of hydrogen-bond acceptors (Lipinski definition) is 7. The zero-order valence-electron chi connectivity index (χ0n) is 15.7. The van der Waals surface area contributed by atoms with Gasteiger partial charge in [0.05, 0.1) is 13.2 Å². The van der Waals surface area contributed by atoms with Crippen LogP contribution in [0.15, 0.2) is 18.2 Å². The highest BCUT2D eigenvalue weighted by Crippen LogP contribution is 2.18. The Morgan fingerprint density at radius 2 is 1.74 bits per heavy atom. The number of aromatic nitrogens is 3. The Labute approximate surface area is 156 Å². The fourth-order valence-corrected chi connectivity index (χ4v) is 2.37. The molecule has 0 aliphatic rings. The van der Waals surface area contributed by atoms with Crippen molar-refractivity contribution in [1.29, 1.82) is 0 Å². The molecule has 0 aliphatic heterocycles. The summed E-state index contributed by atoms with van der Waals surface area (Å²) in [7, 11) is 0. The van der Waals surface area contributed by atoms with E-state index in [0.29, 0.717) is 5.69 Å². The van der Waals surface area contributed by atoms with E-state index in [9.17, 15) is 14.4 Å². The second-order valence-corrected chi connectivity index (χ2v) is 5.68. The Hall–Kier alpha value is -3.23. The van der Waals surface area contributed by atoms with Crippen LogP contribution in [-0.4, -0.2) is 46.1 Å². The van der Waals surface area contributed by atoms with Crippen molar-refractivity contribution in [1.82, 2.24) is 15.0 Å². The Morgan fingerprint density at radius 3 is 2.41 bits per heavy atom. The van der Waals surface area contributed by atoms with Gasteiger partial charge in [0, 0.05) is 5.69 Å². The van der Waals surface area contributed by atoms with E-state index < -0.39 is 17.8 Å². The molecule has 0 bridgehead atoms. The maximum atomic E-state index is 12.4. The summed E-state index contributed by atoms with van der Waals surface area (Å²) in [5.41, 5.74) is 2.12. The number of hydrogen-bond donors (Lipinski definition) is 1. The van der Waals surface area contributed by atoms with Gasteiger partial charge < -0.3 is 14.8 Å².